The second kappa shape index (κ2) is 5.50. The van der Waals surface area contributed by atoms with E-state index < -0.39 is 4.93 Å². The van der Waals surface area contributed by atoms with E-state index in [0.717, 1.165) is 19.4 Å². The number of benzene rings is 1. The molecule has 0 aliphatic carbocycles. The maximum absolute atomic E-state index is 12.7. The van der Waals surface area contributed by atoms with Gasteiger partial charge in [-0.25, -0.2) is 0 Å². The van der Waals surface area contributed by atoms with Gasteiger partial charge in [0.15, 0.2) is 11.5 Å². The van der Waals surface area contributed by atoms with Gasteiger partial charge in [-0.15, -0.1) is 12.6 Å². The Morgan fingerprint density at radius 3 is 2.82 bits per heavy atom. The normalized spacial score (nSPS) is 20.5. The molecule has 2 aliphatic rings. The molecule has 1 saturated heterocycles. The molecule has 0 spiro atoms. The first kappa shape index (κ1) is 15.2. The molecule has 1 unspecified atom stereocenters. The highest BCUT2D eigenvalue weighted by molar-refractivity contribution is 7.81. The number of fused-ring (bicyclic) bond motifs is 2. The minimum absolute atomic E-state index is 0.00461. The molecule has 3 rings (SSSR count). The van der Waals surface area contributed by atoms with Gasteiger partial charge in [-0.2, -0.15) is 0 Å². The highest BCUT2D eigenvalue weighted by atomic mass is 32.1. The average molecular weight is 320 g/mol. The van der Waals surface area contributed by atoms with E-state index in [-0.39, 0.29) is 11.9 Å². The summed E-state index contributed by atoms with van der Waals surface area (Å²) >= 11 is 4.38. The van der Waals surface area contributed by atoms with Gasteiger partial charge < -0.3 is 14.4 Å². The van der Waals surface area contributed by atoms with Gasteiger partial charge in [-0.05, 0) is 32.8 Å². The van der Waals surface area contributed by atoms with Crippen LogP contribution >= 0.6 is 12.6 Å². The summed E-state index contributed by atoms with van der Waals surface area (Å²) in [7, 11) is 1.56. The van der Waals surface area contributed by atoms with Crippen molar-refractivity contribution in [1.82, 2.24) is 4.90 Å². The summed E-state index contributed by atoms with van der Waals surface area (Å²) in [5, 5.41) is 0. The molecule has 0 aromatic heterocycles. The predicted octanol–water partition coefficient (Wildman–Crippen LogP) is 3.06. The van der Waals surface area contributed by atoms with Crippen LogP contribution in [0.5, 0.6) is 11.5 Å². The second-order valence-corrected chi connectivity index (χ2v) is 7.13. The van der Waals surface area contributed by atoms with Crippen LogP contribution in [0, 0.1) is 0 Å². The smallest absolute Gasteiger partial charge is 0.256 e. The van der Waals surface area contributed by atoms with Crippen molar-refractivity contribution in [3.63, 3.8) is 0 Å². The van der Waals surface area contributed by atoms with Crippen LogP contribution in [0.1, 0.15) is 37.0 Å². The molecular weight excluding hydrogens is 300 g/mol. The lowest BCUT2D eigenvalue weighted by Gasteiger charge is -2.23. The van der Waals surface area contributed by atoms with E-state index >= 15 is 0 Å². The number of hydrogen-bond donors (Lipinski definition) is 1. The van der Waals surface area contributed by atoms with Crippen molar-refractivity contribution in [2.75, 3.05) is 13.7 Å². The standard InChI is InChI=1S/C16H20N2O3S/c1-16(2,22)21-14-8-12-11(7-13(14)20-3)15(19)18-6-4-5-10(18)9-17-12/h7-10,22H,4-6H2,1-3H3. The van der Waals surface area contributed by atoms with Crippen LogP contribution < -0.4 is 9.47 Å². The number of carbonyl (C=O) groups excluding carboxylic acids is 1. The first-order valence-corrected chi connectivity index (χ1v) is 7.82. The van der Waals surface area contributed by atoms with E-state index in [1.807, 2.05) is 25.0 Å². The number of amides is 1. The van der Waals surface area contributed by atoms with E-state index in [1.165, 1.54) is 0 Å². The zero-order chi connectivity index (χ0) is 15.9. The molecular formula is C16H20N2O3S. The fourth-order valence-corrected chi connectivity index (χ4v) is 2.95. The lowest BCUT2D eigenvalue weighted by molar-refractivity contribution is 0.0774. The molecule has 0 saturated carbocycles. The highest BCUT2D eigenvalue weighted by Gasteiger charge is 2.32. The number of rotatable bonds is 3. The van der Waals surface area contributed by atoms with Gasteiger partial charge in [0.1, 0.15) is 4.93 Å². The van der Waals surface area contributed by atoms with Crippen molar-refractivity contribution in [3.05, 3.63) is 17.7 Å². The quantitative estimate of drug-likeness (QED) is 0.688. The summed E-state index contributed by atoms with van der Waals surface area (Å²) in [6, 6.07) is 3.56. The number of thiol groups is 1. The molecule has 1 aromatic rings. The Kier molecular flexibility index (Phi) is 3.80. The predicted molar refractivity (Wildman–Crippen MR) is 88.9 cm³/mol. The molecule has 1 atom stereocenters. The van der Waals surface area contributed by atoms with Crippen LogP contribution in [0.4, 0.5) is 5.69 Å². The van der Waals surface area contributed by atoms with Gasteiger partial charge >= 0.3 is 0 Å². The third-order valence-electron chi connectivity index (χ3n) is 3.82. The number of hydrogen-bond acceptors (Lipinski definition) is 5. The third kappa shape index (κ3) is 2.79. The second-order valence-electron chi connectivity index (χ2n) is 6.06. The Bertz CT molecular complexity index is 637. The summed E-state index contributed by atoms with van der Waals surface area (Å²) in [4.78, 5) is 18.4. The average Bonchev–Trinajstić information content (AvgIpc) is 2.86. The number of carbonyl (C=O) groups is 1. The first-order chi connectivity index (χ1) is 10.4. The zero-order valence-corrected chi connectivity index (χ0v) is 13.9. The maximum atomic E-state index is 12.7. The van der Waals surface area contributed by atoms with E-state index in [4.69, 9.17) is 9.47 Å². The Labute approximate surface area is 135 Å². The number of nitrogens with zero attached hydrogens (tertiary/aromatic N) is 2. The molecule has 5 nitrogen and oxygen atoms in total. The highest BCUT2D eigenvalue weighted by Crippen LogP contribution is 2.39. The van der Waals surface area contributed by atoms with Crippen molar-refractivity contribution in [1.29, 1.82) is 0 Å². The van der Waals surface area contributed by atoms with Crippen LogP contribution in [0.25, 0.3) is 0 Å². The summed E-state index contributed by atoms with van der Waals surface area (Å²) in [5.74, 6) is 1.06. The van der Waals surface area contributed by atoms with Crippen LogP contribution in [0.3, 0.4) is 0 Å². The molecule has 1 amide bonds. The Morgan fingerprint density at radius 2 is 2.14 bits per heavy atom. The Morgan fingerprint density at radius 1 is 1.36 bits per heavy atom. The third-order valence-corrected chi connectivity index (χ3v) is 3.91. The topological polar surface area (TPSA) is 51.1 Å². The van der Waals surface area contributed by atoms with E-state index in [9.17, 15) is 4.79 Å². The van der Waals surface area contributed by atoms with Crippen molar-refractivity contribution >= 4 is 30.4 Å². The van der Waals surface area contributed by atoms with Gasteiger partial charge in [0.05, 0.1) is 24.4 Å². The first-order valence-electron chi connectivity index (χ1n) is 7.37. The molecule has 22 heavy (non-hydrogen) atoms. The lowest BCUT2D eigenvalue weighted by Crippen LogP contribution is -2.35. The van der Waals surface area contributed by atoms with Gasteiger partial charge in [-0.3, -0.25) is 9.79 Å². The SMILES string of the molecule is COc1cc2c(cc1OC(C)(C)S)N=CC1CCCN1C2=O. The zero-order valence-electron chi connectivity index (χ0n) is 13.0. The minimum atomic E-state index is -0.653. The van der Waals surface area contributed by atoms with Crippen LogP contribution in [0.2, 0.25) is 0 Å². The maximum Gasteiger partial charge on any atom is 0.256 e. The fraction of sp³-hybridized carbons (Fsp3) is 0.500. The van der Waals surface area contributed by atoms with Crippen LogP contribution in [-0.4, -0.2) is 41.7 Å². The van der Waals surface area contributed by atoms with Gasteiger partial charge in [-0.1, -0.05) is 0 Å². The molecule has 118 valence electrons. The summed E-state index contributed by atoms with van der Waals surface area (Å²) in [6.45, 7) is 4.46. The molecule has 6 heteroatoms. The summed E-state index contributed by atoms with van der Waals surface area (Å²) in [6.07, 6.45) is 3.84. The van der Waals surface area contributed by atoms with Crippen molar-refractivity contribution < 1.29 is 14.3 Å². The molecule has 0 bridgehead atoms. The van der Waals surface area contributed by atoms with E-state index in [2.05, 4.69) is 17.6 Å². The molecule has 2 aliphatic heterocycles. The van der Waals surface area contributed by atoms with Gasteiger partial charge in [0.2, 0.25) is 0 Å². The molecule has 0 radical (unpaired) electrons. The number of ether oxygens (including phenoxy) is 2. The monoisotopic (exact) mass is 320 g/mol. The summed E-state index contributed by atoms with van der Waals surface area (Å²) < 4.78 is 11.2. The number of aliphatic imine (C=N–C) groups is 1. The Hall–Kier alpha value is -1.69. The van der Waals surface area contributed by atoms with Crippen LogP contribution in [0.15, 0.2) is 17.1 Å². The van der Waals surface area contributed by atoms with E-state index in [1.54, 1.807) is 19.2 Å². The summed E-state index contributed by atoms with van der Waals surface area (Å²) in [5.41, 5.74) is 1.18. The number of methoxy groups -OCH3 is 1. The fourth-order valence-electron chi connectivity index (χ4n) is 2.86. The largest absolute Gasteiger partial charge is 0.493 e. The van der Waals surface area contributed by atoms with Crippen molar-refractivity contribution in [2.45, 2.75) is 37.7 Å². The molecule has 1 aromatic carbocycles. The molecule has 0 N–H and O–H groups in total. The molecule has 1 fully saturated rings. The lowest BCUT2D eigenvalue weighted by atomic mass is 10.1. The van der Waals surface area contributed by atoms with Crippen LogP contribution in [-0.2, 0) is 0 Å². The Balaban J connectivity index is 2.06. The van der Waals surface area contributed by atoms with Crippen molar-refractivity contribution in [3.8, 4) is 11.5 Å². The molecule has 2 heterocycles. The van der Waals surface area contributed by atoms with Crippen molar-refractivity contribution in [2.24, 2.45) is 4.99 Å². The van der Waals surface area contributed by atoms with E-state index in [0.29, 0.717) is 22.7 Å². The van der Waals surface area contributed by atoms with Gasteiger partial charge in [0.25, 0.3) is 5.91 Å². The van der Waals surface area contributed by atoms with Gasteiger partial charge in [0, 0.05) is 18.8 Å². The minimum Gasteiger partial charge on any atom is -0.493 e.